The molecule has 0 spiro atoms. The smallest absolute Gasteiger partial charge is 0.221 e. The average Bonchev–Trinajstić information content (AvgIpc) is 2.57. The van der Waals surface area contributed by atoms with E-state index >= 15 is 0 Å². The van der Waals surface area contributed by atoms with E-state index in [2.05, 4.69) is 45.3 Å². The van der Waals surface area contributed by atoms with Gasteiger partial charge in [-0.15, -0.1) is 11.3 Å². The fraction of sp³-hybridized carbons (Fsp3) is 0.667. The van der Waals surface area contributed by atoms with Gasteiger partial charge in [0.05, 0.1) is 5.69 Å². The van der Waals surface area contributed by atoms with Crippen molar-refractivity contribution in [2.24, 2.45) is 5.41 Å². The highest BCUT2D eigenvalue weighted by Crippen LogP contribution is 2.28. The molecular weight excluding hydrogens is 256 g/mol. The van der Waals surface area contributed by atoms with Gasteiger partial charge in [0.25, 0.3) is 0 Å². The van der Waals surface area contributed by atoms with Crippen LogP contribution in [-0.2, 0) is 11.3 Å². The molecule has 0 atom stereocenters. The molecule has 1 aromatic heterocycles. The number of rotatable bonds is 5. The number of hydrogen-bond donors (Lipinski definition) is 2. The predicted molar refractivity (Wildman–Crippen MR) is 83.6 cm³/mol. The standard InChI is InChI=1S/C15H26N2OS/c1-11(18)17-12-7-8-19-13(12)9-16-15(5,6)10-14(2,3)4/h7-8,16H,9-10H2,1-6H3,(H,17,18). The van der Waals surface area contributed by atoms with Gasteiger partial charge in [-0.25, -0.2) is 0 Å². The molecule has 0 saturated heterocycles. The average molecular weight is 282 g/mol. The number of amides is 1. The highest BCUT2D eigenvalue weighted by atomic mass is 32.1. The zero-order valence-electron chi connectivity index (χ0n) is 12.9. The quantitative estimate of drug-likeness (QED) is 0.856. The molecule has 1 rings (SSSR count). The summed E-state index contributed by atoms with van der Waals surface area (Å²) in [7, 11) is 0. The zero-order chi connectivity index (χ0) is 14.7. The van der Waals surface area contributed by atoms with Crippen LogP contribution in [0.2, 0.25) is 0 Å². The normalized spacial score (nSPS) is 12.5. The van der Waals surface area contributed by atoms with E-state index in [1.165, 1.54) is 4.88 Å². The number of anilines is 1. The first-order valence-corrected chi connectivity index (χ1v) is 7.56. The van der Waals surface area contributed by atoms with Crippen LogP contribution in [0.1, 0.15) is 52.8 Å². The lowest BCUT2D eigenvalue weighted by molar-refractivity contribution is -0.114. The molecule has 108 valence electrons. The van der Waals surface area contributed by atoms with Gasteiger partial charge in [-0.2, -0.15) is 0 Å². The van der Waals surface area contributed by atoms with Crippen LogP contribution in [-0.4, -0.2) is 11.4 Å². The van der Waals surface area contributed by atoms with Gasteiger partial charge in [0.2, 0.25) is 5.91 Å². The van der Waals surface area contributed by atoms with Crippen LogP contribution in [0.5, 0.6) is 0 Å². The van der Waals surface area contributed by atoms with E-state index < -0.39 is 0 Å². The Balaban J connectivity index is 2.61. The molecule has 1 aromatic rings. The number of carbonyl (C=O) groups excluding carboxylic acids is 1. The molecule has 0 bridgehead atoms. The number of nitrogens with one attached hydrogen (secondary N) is 2. The van der Waals surface area contributed by atoms with Gasteiger partial charge in [0.15, 0.2) is 0 Å². The Labute approximate surface area is 120 Å². The summed E-state index contributed by atoms with van der Waals surface area (Å²) < 4.78 is 0. The highest BCUT2D eigenvalue weighted by Gasteiger charge is 2.25. The van der Waals surface area contributed by atoms with Crippen molar-refractivity contribution in [3.8, 4) is 0 Å². The van der Waals surface area contributed by atoms with Crippen molar-refractivity contribution in [1.82, 2.24) is 5.32 Å². The van der Waals surface area contributed by atoms with Crippen LogP contribution < -0.4 is 10.6 Å². The van der Waals surface area contributed by atoms with E-state index in [-0.39, 0.29) is 11.4 Å². The van der Waals surface area contributed by atoms with Crippen molar-refractivity contribution < 1.29 is 4.79 Å². The molecule has 1 heterocycles. The maximum absolute atomic E-state index is 11.1. The fourth-order valence-corrected chi connectivity index (χ4v) is 3.26. The Morgan fingerprint density at radius 1 is 1.26 bits per heavy atom. The summed E-state index contributed by atoms with van der Waals surface area (Å²) in [5.74, 6) is -0.0198. The molecule has 0 saturated carbocycles. The maximum Gasteiger partial charge on any atom is 0.221 e. The van der Waals surface area contributed by atoms with E-state index in [1.54, 1.807) is 18.3 Å². The van der Waals surface area contributed by atoms with Gasteiger partial charge in [-0.1, -0.05) is 20.8 Å². The van der Waals surface area contributed by atoms with Gasteiger partial charge in [0.1, 0.15) is 0 Å². The number of thiophene rings is 1. The Morgan fingerprint density at radius 3 is 2.42 bits per heavy atom. The molecule has 0 aliphatic heterocycles. The van der Waals surface area contributed by atoms with Crippen LogP contribution in [0.15, 0.2) is 11.4 Å². The minimum Gasteiger partial charge on any atom is -0.325 e. The van der Waals surface area contributed by atoms with Crippen molar-refractivity contribution >= 4 is 22.9 Å². The topological polar surface area (TPSA) is 41.1 Å². The van der Waals surface area contributed by atoms with E-state index in [9.17, 15) is 4.79 Å². The van der Waals surface area contributed by atoms with Crippen LogP contribution in [0.3, 0.4) is 0 Å². The zero-order valence-corrected chi connectivity index (χ0v) is 13.7. The Hall–Kier alpha value is -0.870. The molecule has 0 aromatic carbocycles. The third kappa shape index (κ3) is 6.21. The minimum absolute atomic E-state index is 0.0198. The summed E-state index contributed by atoms with van der Waals surface area (Å²) in [6, 6.07) is 1.96. The molecule has 0 aliphatic carbocycles. The first-order valence-electron chi connectivity index (χ1n) is 6.68. The largest absolute Gasteiger partial charge is 0.325 e. The fourth-order valence-electron chi connectivity index (χ4n) is 2.49. The van der Waals surface area contributed by atoms with E-state index in [0.29, 0.717) is 5.41 Å². The summed E-state index contributed by atoms with van der Waals surface area (Å²) in [6.07, 6.45) is 1.10. The molecule has 4 heteroatoms. The molecule has 3 nitrogen and oxygen atoms in total. The summed E-state index contributed by atoms with van der Waals surface area (Å²) in [5, 5.41) is 8.47. The number of hydrogen-bond acceptors (Lipinski definition) is 3. The van der Waals surface area contributed by atoms with Gasteiger partial charge in [-0.3, -0.25) is 4.79 Å². The van der Waals surface area contributed by atoms with Crippen molar-refractivity contribution in [2.75, 3.05) is 5.32 Å². The van der Waals surface area contributed by atoms with E-state index in [1.807, 2.05) is 11.4 Å². The van der Waals surface area contributed by atoms with Crippen molar-refractivity contribution in [3.63, 3.8) is 0 Å². The second-order valence-electron chi connectivity index (χ2n) is 6.91. The first kappa shape index (κ1) is 16.2. The van der Waals surface area contributed by atoms with E-state index in [0.717, 1.165) is 18.7 Å². The van der Waals surface area contributed by atoms with Crippen LogP contribution in [0.25, 0.3) is 0 Å². The molecule has 0 aliphatic rings. The molecule has 0 radical (unpaired) electrons. The third-order valence-electron chi connectivity index (χ3n) is 2.76. The SMILES string of the molecule is CC(=O)Nc1ccsc1CNC(C)(C)CC(C)(C)C. The number of carbonyl (C=O) groups is 1. The lowest BCUT2D eigenvalue weighted by Crippen LogP contribution is -2.41. The minimum atomic E-state index is -0.0198. The summed E-state index contributed by atoms with van der Waals surface area (Å²) >= 11 is 1.67. The van der Waals surface area contributed by atoms with Gasteiger partial charge < -0.3 is 10.6 Å². The van der Waals surface area contributed by atoms with Gasteiger partial charge in [0, 0.05) is 23.9 Å². The van der Waals surface area contributed by atoms with Crippen LogP contribution in [0, 0.1) is 5.41 Å². The summed E-state index contributed by atoms with van der Waals surface area (Å²) in [6.45, 7) is 13.5. The summed E-state index contributed by atoms with van der Waals surface area (Å²) in [4.78, 5) is 12.3. The Morgan fingerprint density at radius 2 is 1.89 bits per heavy atom. The monoisotopic (exact) mass is 282 g/mol. The molecule has 2 N–H and O–H groups in total. The van der Waals surface area contributed by atoms with Gasteiger partial charge in [-0.05, 0) is 37.1 Å². The van der Waals surface area contributed by atoms with Crippen molar-refractivity contribution in [3.05, 3.63) is 16.3 Å². The Kier molecular flexibility index (Phi) is 5.16. The molecular formula is C15H26N2OS. The second-order valence-corrected chi connectivity index (χ2v) is 7.91. The van der Waals surface area contributed by atoms with E-state index in [4.69, 9.17) is 0 Å². The molecule has 0 fully saturated rings. The van der Waals surface area contributed by atoms with Crippen molar-refractivity contribution in [1.29, 1.82) is 0 Å². The van der Waals surface area contributed by atoms with Crippen molar-refractivity contribution in [2.45, 2.75) is 60.0 Å². The van der Waals surface area contributed by atoms with Crippen LogP contribution in [0.4, 0.5) is 5.69 Å². The second kappa shape index (κ2) is 6.06. The van der Waals surface area contributed by atoms with Crippen LogP contribution >= 0.6 is 11.3 Å². The molecule has 0 unspecified atom stereocenters. The lowest BCUT2D eigenvalue weighted by Gasteiger charge is -2.33. The molecule has 19 heavy (non-hydrogen) atoms. The maximum atomic E-state index is 11.1. The van der Waals surface area contributed by atoms with Gasteiger partial charge >= 0.3 is 0 Å². The Bertz CT molecular complexity index is 430. The summed E-state index contributed by atoms with van der Waals surface area (Å²) in [5.41, 5.74) is 1.30. The highest BCUT2D eigenvalue weighted by molar-refractivity contribution is 7.10. The predicted octanol–water partition coefficient (Wildman–Crippen LogP) is 4.01. The first-order chi connectivity index (χ1) is 8.59. The lowest BCUT2D eigenvalue weighted by atomic mass is 9.82. The third-order valence-corrected chi connectivity index (χ3v) is 3.68. The molecule has 1 amide bonds.